The first-order chi connectivity index (χ1) is 20.1. The fourth-order valence-electron chi connectivity index (χ4n) is 5.12. The molecular formula is C32H35ClFN5O3. The Kier molecular flexibility index (Phi) is 10.1. The van der Waals surface area contributed by atoms with E-state index in [0.717, 1.165) is 34.3 Å². The predicted molar refractivity (Wildman–Crippen MR) is 166 cm³/mol. The number of anilines is 2. The Bertz CT molecular complexity index is 1510. The van der Waals surface area contributed by atoms with Crippen LogP contribution in [0.4, 0.5) is 15.9 Å². The lowest BCUT2D eigenvalue weighted by molar-refractivity contribution is -0.111. The molecule has 2 heterocycles. The Morgan fingerprint density at radius 3 is 2.40 bits per heavy atom. The lowest BCUT2D eigenvalue weighted by Crippen LogP contribution is -2.36. The molecule has 1 fully saturated rings. The van der Waals surface area contributed by atoms with Crippen molar-refractivity contribution in [3.63, 3.8) is 0 Å². The number of piperidine rings is 1. The maximum Gasteiger partial charge on any atom is 0.267 e. The second-order valence-electron chi connectivity index (χ2n) is 10.4. The first-order valence-electron chi connectivity index (χ1n) is 13.8. The van der Waals surface area contributed by atoms with Crippen molar-refractivity contribution >= 4 is 46.2 Å². The number of aliphatic imine (C=N–C) groups is 1. The van der Waals surface area contributed by atoms with Crippen LogP contribution in [0.2, 0.25) is 5.02 Å². The molecule has 2 aliphatic rings. The van der Waals surface area contributed by atoms with Crippen molar-refractivity contribution in [2.75, 3.05) is 30.4 Å². The van der Waals surface area contributed by atoms with Crippen molar-refractivity contribution in [2.45, 2.75) is 45.6 Å². The third-order valence-electron chi connectivity index (χ3n) is 7.50. The Labute approximate surface area is 250 Å². The summed E-state index contributed by atoms with van der Waals surface area (Å²) < 4.78 is 12.1. The lowest BCUT2D eigenvalue weighted by atomic mass is 9.84. The number of rotatable bonds is 5. The molecule has 10 heteroatoms. The van der Waals surface area contributed by atoms with Gasteiger partial charge in [-0.3, -0.25) is 14.6 Å². The average Bonchev–Trinajstić information content (AvgIpc) is 2.97. The van der Waals surface area contributed by atoms with E-state index >= 15 is 0 Å². The van der Waals surface area contributed by atoms with E-state index in [0.29, 0.717) is 55.1 Å². The Hall–Kier alpha value is -4.08. The van der Waals surface area contributed by atoms with Crippen LogP contribution in [-0.4, -0.2) is 53.9 Å². The van der Waals surface area contributed by atoms with E-state index in [9.17, 15) is 19.1 Å². The number of halogens is 2. The van der Waals surface area contributed by atoms with Gasteiger partial charge in [0.05, 0.1) is 16.7 Å². The number of hydrogen-bond acceptors (Lipinski definition) is 6. The van der Waals surface area contributed by atoms with Crippen LogP contribution in [-0.2, 0) is 11.2 Å². The molecule has 1 saturated heterocycles. The van der Waals surface area contributed by atoms with E-state index in [1.165, 1.54) is 18.3 Å². The molecule has 0 saturated carbocycles. The molecule has 42 heavy (non-hydrogen) atoms. The van der Waals surface area contributed by atoms with Gasteiger partial charge in [0.1, 0.15) is 17.3 Å². The molecule has 5 rings (SSSR count). The number of carbonyl (C=O) groups excluding carboxylic acids is 2. The Morgan fingerprint density at radius 1 is 1.10 bits per heavy atom. The third-order valence-corrected chi connectivity index (χ3v) is 7.80. The van der Waals surface area contributed by atoms with E-state index in [4.69, 9.17) is 17.3 Å². The summed E-state index contributed by atoms with van der Waals surface area (Å²) in [7, 11) is 1.56. The normalized spacial score (nSPS) is 15.5. The van der Waals surface area contributed by atoms with Crippen LogP contribution in [0, 0.1) is 12.7 Å². The van der Waals surface area contributed by atoms with Crippen LogP contribution in [0.1, 0.15) is 53.2 Å². The van der Waals surface area contributed by atoms with Crippen LogP contribution in [0.15, 0.2) is 65.3 Å². The number of nitrogens with two attached hydrogens (primary N) is 1. The number of nitrogens with zero attached hydrogens (tertiary/aromatic N) is 3. The SMILES string of the molecule is CN=C(C(N)=O)C1=C(C)c2cc(NC(=O)c3cc(N4CCC(O)CC4)ncc3Cl)ccc2CC1.Cc1ccc(F)cc1. The minimum atomic E-state index is -0.545. The van der Waals surface area contributed by atoms with Gasteiger partial charge in [0.2, 0.25) is 0 Å². The van der Waals surface area contributed by atoms with Crippen molar-refractivity contribution in [3.05, 3.63) is 93.4 Å². The lowest BCUT2D eigenvalue weighted by Gasteiger charge is -2.30. The molecule has 1 aliphatic carbocycles. The van der Waals surface area contributed by atoms with E-state index in [1.807, 2.05) is 36.9 Å². The van der Waals surface area contributed by atoms with Crippen LogP contribution >= 0.6 is 11.6 Å². The molecule has 220 valence electrons. The summed E-state index contributed by atoms with van der Waals surface area (Å²) in [6, 6.07) is 13.8. The third kappa shape index (κ3) is 7.40. The number of pyridine rings is 1. The molecule has 0 bridgehead atoms. The molecule has 0 radical (unpaired) electrons. The van der Waals surface area contributed by atoms with Crippen LogP contribution in [0.5, 0.6) is 0 Å². The molecule has 0 atom stereocenters. The monoisotopic (exact) mass is 591 g/mol. The van der Waals surface area contributed by atoms with E-state index in [1.54, 1.807) is 25.2 Å². The maximum atomic E-state index is 13.1. The summed E-state index contributed by atoms with van der Waals surface area (Å²) in [4.78, 5) is 35.4. The Morgan fingerprint density at radius 2 is 1.79 bits per heavy atom. The van der Waals surface area contributed by atoms with E-state index in [-0.39, 0.29) is 22.9 Å². The highest BCUT2D eigenvalue weighted by atomic mass is 35.5. The zero-order valence-corrected chi connectivity index (χ0v) is 24.7. The molecule has 2 amide bonds. The van der Waals surface area contributed by atoms with Crippen molar-refractivity contribution in [2.24, 2.45) is 10.7 Å². The first kappa shape index (κ1) is 30.9. The van der Waals surface area contributed by atoms with Crippen molar-refractivity contribution in [1.82, 2.24) is 4.98 Å². The van der Waals surface area contributed by atoms with Gasteiger partial charge in [0.15, 0.2) is 0 Å². The highest BCUT2D eigenvalue weighted by molar-refractivity contribution is 6.46. The fraction of sp³-hybridized carbons (Fsp3) is 0.312. The standard InChI is InChI=1S/C25H28ClN5O3.C7H7F/c1-14-18(23(28-2)24(27)33)6-4-15-3-5-16(11-19(14)15)30-25(34)20-12-22(29-13-21(20)26)31-9-7-17(32)8-10-31;1-6-2-4-7(8)5-3-6/h3,5,11-13,17,32H,4,6-10H2,1-2H3,(H2,27,33)(H,30,34);2-5H,1H3. The number of nitrogens with one attached hydrogen (secondary N) is 1. The van der Waals surface area contributed by atoms with Crippen molar-refractivity contribution in [3.8, 4) is 0 Å². The fourth-order valence-corrected chi connectivity index (χ4v) is 5.31. The summed E-state index contributed by atoms with van der Waals surface area (Å²) in [6.07, 6.45) is 3.95. The first-order valence-corrected chi connectivity index (χ1v) is 14.2. The smallest absolute Gasteiger partial charge is 0.267 e. The maximum absolute atomic E-state index is 13.1. The van der Waals surface area contributed by atoms with Crippen LogP contribution in [0.25, 0.3) is 5.57 Å². The highest BCUT2D eigenvalue weighted by Crippen LogP contribution is 2.34. The van der Waals surface area contributed by atoms with Gasteiger partial charge in [0.25, 0.3) is 11.8 Å². The molecule has 0 spiro atoms. The molecular weight excluding hydrogens is 557 g/mol. The van der Waals surface area contributed by atoms with E-state index in [2.05, 4.69) is 15.3 Å². The highest BCUT2D eigenvalue weighted by Gasteiger charge is 2.24. The topological polar surface area (TPSA) is 121 Å². The minimum Gasteiger partial charge on any atom is -0.393 e. The number of carbonyl (C=O) groups is 2. The minimum absolute atomic E-state index is 0.171. The summed E-state index contributed by atoms with van der Waals surface area (Å²) in [5.41, 5.74) is 11.7. The van der Waals surface area contributed by atoms with Crippen LogP contribution < -0.4 is 16.0 Å². The average molecular weight is 592 g/mol. The summed E-state index contributed by atoms with van der Waals surface area (Å²) in [5.74, 6) is -0.392. The van der Waals surface area contributed by atoms with Gasteiger partial charge in [-0.2, -0.15) is 0 Å². The molecule has 8 nitrogen and oxygen atoms in total. The zero-order chi connectivity index (χ0) is 30.4. The second-order valence-corrected chi connectivity index (χ2v) is 10.8. The number of amides is 2. The molecule has 0 unspecified atom stereocenters. The summed E-state index contributed by atoms with van der Waals surface area (Å²) in [6.45, 7) is 5.21. The number of aryl methyl sites for hydroxylation is 2. The summed E-state index contributed by atoms with van der Waals surface area (Å²) in [5, 5.41) is 12.9. The number of primary amides is 1. The van der Waals surface area contributed by atoms with Crippen molar-refractivity contribution < 1.29 is 19.1 Å². The second kappa shape index (κ2) is 13.7. The summed E-state index contributed by atoms with van der Waals surface area (Å²) >= 11 is 6.31. The quantitative estimate of drug-likeness (QED) is 0.345. The number of fused-ring (bicyclic) bond motifs is 1. The molecule has 2 aromatic carbocycles. The number of benzene rings is 2. The Balaban J connectivity index is 0.000000437. The zero-order valence-electron chi connectivity index (χ0n) is 24.0. The number of hydrogen-bond donors (Lipinski definition) is 3. The van der Waals surface area contributed by atoms with E-state index < -0.39 is 5.91 Å². The molecule has 4 N–H and O–H groups in total. The number of allylic oxidation sites excluding steroid dienone is 1. The predicted octanol–water partition coefficient (Wildman–Crippen LogP) is 5.36. The van der Waals surface area contributed by atoms with Gasteiger partial charge >= 0.3 is 0 Å². The number of aliphatic hydroxyl groups excluding tert-OH is 1. The number of aromatic nitrogens is 1. The van der Waals surface area contributed by atoms with Gasteiger partial charge in [-0.1, -0.05) is 35.4 Å². The molecule has 1 aromatic heterocycles. The molecule has 3 aromatic rings. The van der Waals surface area contributed by atoms with Gasteiger partial charge in [0, 0.05) is 32.0 Å². The van der Waals surface area contributed by atoms with Gasteiger partial charge < -0.3 is 21.1 Å². The number of aliphatic hydroxyl groups is 1. The van der Waals surface area contributed by atoms with Crippen LogP contribution in [0.3, 0.4) is 0 Å². The van der Waals surface area contributed by atoms with Gasteiger partial charge in [-0.15, -0.1) is 0 Å². The largest absolute Gasteiger partial charge is 0.393 e. The molecule has 1 aliphatic heterocycles. The van der Waals surface area contributed by atoms with Crippen molar-refractivity contribution in [1.29, 1.82) is 0 Å². The van der Waals surface area contributed by atoms with Gasteiger partial charge in [-0.25, -0.2) is 9.37 Å². The van der Waals surface area contributed by atoms with Gasteiger partial charge in [-0.05, 0) is 92.1 Å².